The minimum atomic E-state index is -0.115. The molecule has 0 unspecified atom stereocenters. The first-order valence-corrected chi connectivity index (χ1v) is 5.98. The standard InChI is InChI=1S/C13H16FNO/c14-10-4-1-3-9-6-8-16-13(12(9)10)11-5-2-7-15-11/h1,3-4,11,13,15H,2,5-8H2/t11-,13+/m0/s1. The summed E-state index contributed by atoms with van der Waals surface area (Å²) in [5, 5.41) is 3.40. The van der Waals surface area contributed by atoms with Crippen LogP contribution in [0.1, 0.15) is 30.1 Å². The first-order valence-electron chi connectivity index (χ1n) is 5.98. The number of rotatable bonds is 1. The van der Waals surface area contributed by atoms with Crippen molar-refractivity contribution in [3.05, 3.63) is 35.1 Å². The number of benzene rings is 1. The van der Waals surface area contributed by atoms with Gasteiger partial charge in [0, 0.05) is 11.6 Å². The van der Waals surface area contributed by atoms with Crippen molar-refractivity contribution in [1.29, 1.82) is 0 Å². The second-order valence-electron chi connectivity index (χ2n) is 4.56. The largest absolute Gasteiger partial charge is 0.371 e. The van der Waals surface area contributed by atoms with Gasteiger partial charge < -0.3 is 10.1 Å². The lowest BCUT2D eigenvalue weighted by Crippen LogP contribution is -2.34. The van der Waals surface area contributed by atoms with Crippen LogP contribution < -0.4 is 5.32 Å². The van der Waals surface area contributed by atoms with Gasteiger partial charge in [-0.3, -0.25) is 0 Å². The highest BCUT2D eigenvalue weighted by Crippen LogP contribution is 2.34. The molecule has 1 aromatic carbocycles. The van der Waals surface area contributed by atoms with Gasteiger partial charge in [0.25, 0.3) is 0 Å². The Morgan fingerprint density at radius 3 is 3.12 bits per heavy atom. The first kappa shape index (κ1) is 10.2. The summed E-state index contributed by atoms with van der Waals surface area (Å²) in [6.45, 7) is 1.73. The molecule has 0 saturated carbocycles. The topological polar surface area (TPSA) is 21.3 Å². The van der Waals surface area contributed by atoms with E-state index in [1.54, 1.807) is 6.07 Å². The van der Waals surface area contributed by atoms with Crippen LogP contribution in [0.5, 0.6) is 0 Å². The summed E-state index contributed by atoms with van der Waals surface area (Å²) in [6.07, 6.45) is 2.98. The van der Waals surface area contributed by atoms with Crippen molar-refractivity contribution in [3.8, 4) is 0 Å². The van der Waals surface area contributed by atoms with Crippen molar-refractivity contribution in [2.45, 2.75) is 31.4 Å². The molecule has 2 atom stereocenters. The molecule has 0 radical (unpaired) electrons. The molecule has 1 saturated heterocycles. The Morgan fingerprint density at radius 1 is 1.38 bits per heavy atom. The van der Waals surface area contributed by atoms with Gasteiger partial charge in [0.1, 0.15) is 11.9 Å². The lowest BCUT2D eigenvalue weighted by Gasteiger charge is -2.30. The summed E-state index contributed by atoms with van der Waals surface area (Å²) in [7, 11) is 0. The predicted molar refractivity (Wildman–Crippen MR) is 59.8 cm³/mol. The third-order valence-electron chi connectivity index (χ3n) is 3.56. The van der Waals surface area contributed by atoms with Gasteiger partial charge in [0.15, 0.2) is 0 Å². The van der Waals surface area contributed by atoms with Crippen LogP contribution in [0.3, 0.4) is 0 Å². The van der Waals surface area contributed by atoms with Gasteiger partial charge in [-0.1, -0.05) is 12.1 Å². The van der Waals surface area contributed by atoms with E-state index >= 15 is 0 Å². The number of hydrogen-bond acceptors (Lipinski definition) is 2. The van der Waals surface area contributed by atoms with Crippen LogP contribution in [0.2, 0.25) is 0 Å². The molecule has 1 aromatic rings. The van der Waals surface area contributed by atoms with Crippen LogP contribution in [0.25, 0.3) is 0 Å². The van der Waals surface area contributed by atoms with Gasteiger partial charge in [-0.2, -0.15) is 0 Å². The average Bonchev–Trinajstić information content (AvgIpc) is 2.82. The highest BCUT2D eigenvalue weighted by Gasteiger charge is 2.32. The zero-order valence-electron chi connectivity index (χ0n) is 9.21. The van der Waals surface area contributed by atoms with E-state index in [0.717, 1.165) is 36.9 Å². The van der Waals surface area contributed by atoms with Crippen LogP contribution in [0.15, 0.2) is 18.2 Å². The molecule has 1 N–H and O–H groups in total. The maximum Gasteiger partial charge on any atom is 0.129 e. The van der Waals surface area contributed by atoms with E-state index in [4.69, 9.17) is 4.74 Å². The summed E-state index contributed by atoms with van der Waals surface area (Å²) in [4.78, 5) is 0. The van der Waals surface area contributed by atoms with Gasteiger partial charge in [0.05, 0.1) is 6.61 Å². The second-order valence-corrected chi connectivity index (χ2v) is 4.56. The fourth-order valence-electron chi connectivity index (χ4n) is 2.78. The van der Waals surface area contributed by atoms with Gasteiger partial charge in [-0.15, -0.1) is 0 Å². The molecule has 0 amide bonds. The van der Waals surface area contributed by atoms with E-state index in [2.05, 4.69) is 5.32 Å². The number of fused-ring (bicyclic) bond motifs is 1. The molecule has 0 bridgehead atoms. The molecule has 1 fully saturated rings. The molecule has 2 heterocycles. The highest BCUT2D eigenvalue weighted by molar-refractivity contribution is 5.33. The van der Waals surface area contributed by atoms with Crippen LogP contribution in [-0.4, -0.2) is 19.2 Å². The van der Waals surface area contributed by atoms with E-state index in [1.807, 2.05) is 6.07 Å². The van der Waals surface area contributed by atoms with Gasteiger partial charge in [-0.25, -0.2) is 4.39 Å². The quantitative estimate of drug-likeness (QED) is 0.785. The first-order chi connectivity index (χ1) is 7.86. The third-order valence-corrected chi connectivity index (χ3v) is 3.56. The van der Waals surface area contributed by atoms with Crippen molar-refractivity contribution < 1.29 is 9.13 Å². The molecule has 0 spiro atoms. The Hall–Kier alpha value is -0.930. The number of nitrogens with one attached hydrogen (secondary N) is 1. The van der Waals surface area contributed by atoms with Crippen LogP contribution in [-0.2, 0) is 11.2 Å². The smallest absolute Gasteiger partial charge is 0.129 e. The molecular formula is C13H16FNO. The summed E-state index contributed by atoms with van der Waals surface area (Å²) < 4.78 is 19.6. The number of ether oxygens (including phenoxy) is 1. The third kappa shape index (κ3) is 1.64. The monoisotopic (exact) mass is 221 g/mol. The predicted octanol–water partition coefficient (Wildman–Crippen LogP) is 2.19. The molecule has 0 aromatic heterocycles. The summed E-state index contributed by atoms with van der Waals surface area (Å²) >= 11 is 0. The molecule has 16 heavy (non-hydrogen) atoms. The normalized spacial score (nSPS) is 29.1. The Bertz CT molecular complexity index is 388. The van der Waals surface area contributed by atoms with Crippen molar-refractivity contribution in [1.82, 2.24) is 5.32 Å². The van der Waals surface area contributed by atoms with Crippen LogP contribution in [0.4, 0.5) is 4.39 Å². The number of hydrogen-bond donors (Lipinski definition) is 1. The lowest BCUT2D eigenvalue weighted by atomic mass is 9.92. The van der Waals surface area contributed by atoms with Gasteiger partial charge >= 0.3 is 0 Å². The Labute approximate surface area is 94.8 Å². The second kappa shape index (κ2) is 4.15. The molecule has 0 aliphatic carbocycles. The van der Waals surface area contributed by atoms with Crippen LogP contribution >= 0.6 is 0 Å². The lowest BCUT2D eigenvalue weighted by molar-refractivity contribution is 0.0172. The maximum absolute atomic E-state index is 13.9. The Balaban J connectivity index is 1.98. The van der Waals surface area contributed by atoms with E-state index in [0.29, 0.717) is 6.61 Å². The van der Waals surface area contributed by atoms with E-state index in [-0.39, 0.29) is 18.0 Å². The van der Waals surface area contributed by atoms with Crippen molar-refractivity contribution in [3.63, 3.8) is 0 Å². The molecule has 2 nitrogen and oxygen atoms in total. The highest BCUT2D eigenvalue weighted by atomic mass is 19.1. The molecule has 3 heteroatoms. The average molecular weight is 221 g/mol. The minimum Gasteiger partial charge on any atom is -0.371 e. The number of halogens is 1. The molecular weight excluding hydrogens is 205 g/mol. The summed E-state index contributed by atoms with van der Waals surface area (Å²) in [6, 6.07) is 5.63. The molecule has 86 valence electrons. The van der Waals surface area contributed by atoms with Gasteiger partial charge in [0.2, 0.25) is 0 Å². The zero-order valence-corrected chi connectivity index (χ0v) is 9.21. The summed E-state index contributed by atoms with van der Waals surface area (Å²) in [5.41, 5.74) is 1.90. The van der Waals surface area contributed by atoms with Gasteiger partial charge in [-0.05, 0) is 37.4 Å². The van der Waals surface area contributed by atoms with Crippen molar-refractivity contribution in [2.24, 2.45) is 0 Å². The van der Waals surface area contributed by atoms with E-state index in [1.165, 1.54) is 6.07 Å². The van der Waals surface area contributed by atoms with E-state index < -0.39 is 0 Å². The van der Waals surface area contributed by atoms with Crippen molar-refractivity contribution >= 4 is 0 Å². The fraction of sp³-hybridized carbons (Fsp3) is 0.538. The Kier molecular flexibility index (Phi) is 2.65. The Morgan fingerprint density at radius 2 is 2.31 bits per heavy atom. The fourth-order valence-corrected chi connectivity index (χ4v) is 2.78. The SMILES string of the molecule is Fc1cccc2c1[C@@H]([C@@H]1CCCN1)OCC2. The van der Waals surface area contributed by atoms with E-state index in [9.17, 15) is 4.39 Å². The molecule has 3 rings (SSSR count). The molecule has 2 aliphatic heterocycles. The summed E-state index contributed by atoms with van der Waals surface area (Å²) in [5.74, 6) is -0.115. The van der Waals surface area contributed by atoms with Crippen molar-refractivity contribution in [2.75, 3.05) is 13.2 Å². The minimum absolute atomic E-state index is 0.0903. The zero-order chi connectivity index (χ0) is 11.0. The maximum atomic E-state index is 13.9. The van der Waals surface area contributed by atoms with Crippen LogP contribution in [0, 0.1) is 5.82 Å². The molecule has 2 aliphatic rings.